The molecule has 0 atom stereocenters. The molecule has 2 aromatic carbocycles. The number of nitrogens with one attached hydrogen (secondary N) is 1. The third-order valence-electron chi connectivity index (χ3n) is 5.83. The van der Waals surface area contributed by atoms with Crippen LogP contribution in [0, 0.1) is 13.8 Å². The van der Waals surface area contributed by atoms with Crippen LogP contribution < -0.4 is 10.2 Å². The van der Waals surface area contributed by atoms with Gasteiger partial charge in [-0.1, -0.05) is 30.3 Å². The van der Waals surface area contributed by atoms with E-state index < -0.39 is 0 Å². The van der Waals surface area contributed by atoms with Crippen LogP contribution in [0.3, 0.4) is 0 Å². The fraction of sp³-hybridized carbons (Fsp3) is 0.240. The highest BCUT2D eigenvalue weighted by atomic mass is 32.1. The van der Waals surface area contributed by atoms with E-state index in [2.05, 4.69) is 22.5 Å². The van der Waals surface area contributed by atoms with Gasteiger partial charge in [0.2, 0.25) is 5.91 Å². The molecule has 1 saturated heterocycles. The van der Waals surface area contributed by atoms with Gasteiger partial charge in [0.25, 0.3) is 5.91 Å². The monoisotopic (exact) mass is 444 g/mol. The highest BCUT2D eigenvalue weighted by Crippen LogP contribution is 2.31. The summed E-state index contributed by atoms with van der Waals surface area (Å²) >= 11 is 1.45. The predicted octanol–water partition coefficient (Wildman–Crippen LogP) is 5.14. The van der Waals surface area contributed by atoms with Crippen LogP contribution in [0.15, 0.2) is 54.6 Å². The first kappa shape index (κ1) is 20.5. The Balaban J connectivity index is 1.36. The van der Waals surface area contributed by atoms with Crippen LogP contribution in [0.1, 0.15) is 39.3 Å². The SMILES string of the molecule is Cc1cc(NC(=O)c2cc3c(C)nn(Cc4ccccc4)c3s2)ccc1N1CCCC1=O. The molecule has 1 fully saturated rings. The van der Waals surface area contributed by atoms with E-state index >= 15 is 0 Å². The largest absolute Gasteiger partial charge is 0.321 e. The second-order valence-electron chi connectivity index (χ2n) is 8.16. The third kappa shape index (κ3) is 3.80. The fourth-order valence-corrected chi connectivity index (χ4v) is 5.28. The van der Waals surface area contributed by atoms with Crippen molar-refractivity contribution in [3.63, 3.8) is 0 Å². The number of carbonyl (C=O) groups excluding carboxylic acids is 2. The molecule has 0 spiro atoms. The number of thiophene rings is 1. The van der Waals surface area contributed by atoms with Crippen molar-refractivity contribution < 1.29 is 9.59 Å². The number of carbonyl (C=O) groups is 2. The summed E-state index contributed by atoms with van der Waals surface area (Å²) in [6.07, 6.45) is 1.49. The van der Waals surface area contributed by atoms with Gasteiger partial charge in [0.05, 0.1) is 17.1 Å². The molecule has 0 saturated carbocycles. The molecule has 3 heterocycles. The normalized spacial score (nSPS) is 13.8. The second-order valence-corrected chi connectivity index (χ2v) is 9.19. The van der Waals surface area contributed by atoms with Crippen LogP contribution in [0.4, 0.5) is 11.4 Å². The fourth-order valence-electron chi connectivity index (χ4n) is 4.22. The van der Waals surface area contributed by atoms with Gasteiger partial charge in [-0.2, -0.15) is 5.10 Å². The number of nitrogens with zero attached hydrogens (tertiary/aromatic N) is 3. The van der Waals surface area contributed by atoms with Crippen molar-refractivity contribution in [1.82, 2.24) is 9.78 Å². The molecule has 2 aromatic heterocycles. The van der Waals surface area contributed by atoms with Crippen molar-refractivity contribution in [3.8, 4) is 0 Å². The van der Waals surface area contributed by atoms with E-state index in [0.29, 0.717) is 17.8 Å². The number of hydrogen-bond acceptors (Lipinski definition) is 4. The van der Waals surface area contributed by atoms with Gasteiger partial charge in [-0.05, 0) is 55.7 Å². The third-order valence-corrected chi connectivity index (χ3v) is 6.97. The maximum atomic E-state index is 13.0. The first-order valence-electron chi connectivity index (χ1n) is 10.7. The number of hydrogen-bond donors (Lipinski definition) is 1. The standard InChI is InChI=1S/C25H24N4O2S/c1-16-13-19(10-11-21(16)28-12-6-9-23(28)30)26-24(31)22-14-20-17(2)27-29(25(20)32-22)15-18-7-4-3-5-8-18/h3-5,7-8,10-11,13-14H,6,9,12,15H2,1-2H3,(H,26,31). The average molecular weight is 445 g/mol. The first-order chi connectivity index (χ1) is 15.5. The lowest BCUT2D eigenvalue weighted by atomic mass is 10.1. The van der Waals surface area contributed by atoms with Crippen molar-refractivity contribution in [2.24, 2.45) is 0 Å². The number of fused-ring (bicyclic) bond motifs is 1. The van der Waals surface area contributed by atoms with Gasteiger partial charge in [0.1, 0.15) is 4.83 Å². The molecule has 1 aliphatic rings. The van der Waals surface area contributed by atoms with E-state index in [-0.39, 0.29) is 11.8 Å². The molecule has 5 rings (SSSR count). The summed E-state index contributed by atoms with van der Waals surface area (Å²) in [5.41, 5.74) is 4.71. The van der Waals surface area contributed by atoms with Crippen molar-refractivity contribution in [3.05, 3.63) is 76.3 Å². The summed E-state index contributed by atoms with van der Waals surface area (Å²) in [6.45, 7) is 5.37. The quantitative estimate of drug-likeness (QED) is 0.463. The Labute approximate surface area is 190 Å². The average Bonchev–Trinajstić information content (AvgIpc) is 3.47. The Morgan fingerprint density at radius 2 is 1.94 bits per heavy atom. The van der Waals surface area contributed by atoms with E-state index in [1.165, 1.54) is 16.9 Å². The summed E-state index contributed by atoms with van der Waals surface area (Å²) in [5.74, 6) is 0.0244. The topological polar surface area (TPSA) is 67.2 Å². The Bertz CT molecular complexity index is 1320. The molecule has 0 unspecified atom stereocenters. The first-order valence-corrected chi connectivity index (χ1v) is 11.5. The van der Waals surface area contributed by atoms with Gasteiger partial charge >= 0.3 is 0 Å². The van der Waals surface area contributed by atoms with Crippen LogP contribution in [0.5, 0.6) is 0 Å². The molecule has 1 aliphatic heterocycles. The van der Waals surface area contributed by atoms with Crippen molar-refractivity contribution in [1.29, 1.82) is 0 Å². The van der Waals surface area contributed by atoms with Gasteiger partial charge < -0.3 is 10.2 Å². The van der Waals surface area contributed by atoms with Crippen LogP contribution in [-0.2, 0) is 11.3 Å². The van der Waals surface area contributed by atoms with Crippen LogP contribution in [0.25, 0.3) is 10.2 Å². The molecule has 7 heteroatoms. The maximum Gasteiger partial charge on any atom is 0.265 e. The molecule has 162 valence electrons. The van der Waals surface area contributed by atoms with Gasteiger partial charge in [-0.25, -0.2) is 0 Å². The molecule has 0 aliphatic carbocycles. The highest BCUT2D eigenvalue weighted by molar-refractivity contribution is 7.20. The Morgan fingerprint density at radius 3 is 2.66 bits per heavy atom. The summed E-state index contributed by atoms with van der Waals surface area (Å²) in [4.78, 5) is 28.5. The molecule has 32 heavy (non-hydrogen) atoms. The van der Waals surface area contributed by atoms with E-state index in [4.69, 9.17) is 0 Å². The smallest absolute Gasteiger partial charge is 0.265 e. The molecular formula is C25H24N4O2S. The van der Waals surface area contributed by atoms with E-state index in [1.807, 2.05) is 65.9 Å². The minimum atomic E-state index is -0.138. The molecule has 1 N–H and O–H groups in total. The number of aryl methyl sites for hydroxylation is 2. The number of anilines is 2. The zero-order valence-corrected chi connectivity index (χ0v) is 18.9. The van der Waals surface area contributed by atoms with Gasteiger partial charge in [0, 0.05) is 29.7 Å². The summed E-state index contributed by atoms with van der Waals surface area (Å²) in [7, 11) is 0. The zero-order valence-electron chi connectivity index (χ0n) is 18.1. The lowest BCUT2D eigenvalue weighted by Gasteiger charge is -2.19. The van der Waals surface area contributed by atoms with Crippen LogP contribution >= 0.6 is 11.3 Å². The lowest BCUT2D eigenvalue weighted by Crippen LogP contribution is -2.24. The molecular weight excluding hydrogens is 420 g/mol. The van der Waals surface area contributed by atoms with Crippen molar-refractivity contribution >= 4 is 44.7 Å². The lowest BCUT2D eigenvalue weighted by molar-refractivity contribution is -0.117. The number of aromatic nitrogens is 2. The van der Waals surface area contributed by atoms with Crippen molar-refractivity contribution in [2.45, 2.75) is 33.2 Å². The minimum absolute atomic E-state index is 0.138. The molecule has 6 nitrogen and oxygen atoms in total. The van der Waals surface area contributed by atoms with E-state index in [1.54, 1.807) is 0 Å². The Hall–Kier alpha value is -3.45. The molecule has 0 bridgehead atoms. The maximum absolute atomic E-state index is 13.0. The van der Waals surface area contributed by atoms with Crippen LogP contribution in [0.2, 0.25) is 0 Å². The molecule has 0 radical (unpaired) electrons. The summed E-state index contributed by atoms with van der Waals surface area (Å²) in [6, 6.07) is 17.8. The van der Waals surface area contributed by atoms with Crippen molar-refractivity contribution in [2.75, 3.05) is 16.8 Å². The summed E-state index contributed by atoms with van der Waals surface area (Å²) in [5, 5.41) is 8.67. The number of rotatable bonds is 5. The Morgan fingerprint density at radius 1 is 1.12 bits per heavy atom. The molecule has 4 aromatic rings. The van der Waals surface area contributed by atoms with Gasteiger partial charge in [0.15, 0.2) is 0 Å². The van der Waals surface area contributed by atoms with Gasteiger partial charge in [-0.3, -0.25) is 14.3 Å². The van der Waals surface area contributed by atoms with E-state index in [0.717, 1.165) is 45.8 Å². The Kier molecular flexibility index (Phi) is 5.27. The van der Waals surface area contributed by atoms with E-state index in [9.17, 15) is 9.59 Å². The summed E-state index contributed by atoms with van der Waals surface area (Å²) < 4.78 is 1.97. The van der Waals surface area contributed by atoms with Crippen LogP contribution in [-0.4, -0.2) is 28.1 Å². The number of benzene rings is 2. The van der Waals surface area contributed by atoms with Gasteiger partial charge in [-0.15, -0.1) is 11.3 Å². The number of amides is 2. The second kappa shape index (κ2) is 8.24. The highest BCUT2D eigenvalue weighted by Gasteiger charge is 2.23. The molecule has 2 amide bonds. The zero-order chi connectivity index (χ0) is 22.2. The minimum Gasteiger partial charge on any atom is -0.321 e. The predicted molar refractivity (Wildman–Crippen MR) is 129 cm³/mol.